The van der Waals surface area contributed by atoms with E-state index in [4.69, 9.17) is 4.74 Å². The van der Waals surface area contributed by atoms with Crippen molar-refractivity contribution in [3.05, 3.63) is 64.5 Å². The average Bonchev–Trinajstić information content (AvgIpc) is 3.32. The molecule has 9 heteroatoms. The number of hydrogen-bond donors (Lipinski definition) is 2. The number of fused-ring (bicyclic) bond motifs is 1. The highest BCUT2D eigenvalue weighted by Gasteiger charge is 2.21. The maximum Gasteiger partial charge on any atom is 0.267 e. The summed E-state index contributed by atoms with van der Waals surface area (Å²) in [6, 6.07) is 12.5. The molecule has 2 amide bonds. The number of imidazole rings is 1. The SMILES string of the molecule is Cc1ccsc1C(=O)Nc1cn2nc(Oc3cccc(NC(=O)C(C)(C)C)c3)ccc2n1. The molecule has 4 aromatic rings. The summed E-state index contributed by atoms with van der Waals surface area (Å²) in [4.78, 5) is 29.7. The van der Waals surface area contributed by atoms with Crippen LogP contribution in [-0.2, 0) is 4.79 Å². The standard InChI is InChI=1S/C23H23N5O3S/c1-14-10-11-32-20(14)21(29)26-17-13-28-18(25-17)8-9-19(27-28)31-16-7-5-6-15(12-16)24-22(30)23(2,3)4/h5-13H,1-4H3,(H,24,30)(H,26,29). The first-order chi connectivity index (χ1) is 15.2. The van der Waals surface area contributed by atoms with Crippen molar-refractivity contribution in [2.75, 3.05) is 10.6 Å². The largest absolute Gasteiger partial charge is 0.438 e. The minimum Gasteiger partial charge on any atom is -0.438 e. The van der Waals surface area contributed by atoms with Crippen molar-refractivity contribution in [2.45, 2.75) is 27.7 Å². The van der Waals surface area contributed by atoms with Crippen LogP contribution >= 0.6 is 11.3 Å². The Kier molecular flexibility index (Phi) is 5.67. The Morgan fingerprint density at radius 1 is 1.09 bits per heavy atom. The molecule has 0 saturated carbocycles. The lowest BCUT2D eigenvalue weighted by Gasteiger charge is -2.18. The molecule has 0 radical (unpaired) electrons. The molecule has 0 saturated heterocycles. The molecular formula is C23H23N5O3S. The van der Waals surface area contributed by atoms with Gasteiger partial charge in [-0.05, 0) is 42.1 Å². The Balaban J connectivity index is 1.49. The smallest absolute Gasteiger partial charge is 0.267 e. The summed E-state index contributed by atoms with van der Waals surface area (Å²) < 4.78 is 7.40. The number of carbonyl (C=O) groups excluding carboxylic acids is 2. The number of thiophene rings is 1. The summed E-state index contributed by atoms with van der Waals surface area (Å²) in [7, 11) is 0. The van der Waals surface area contributed by atoms with Gasteiger partial charge in [0.2, 0.25) is 11.8 Å². The highest BCUT2D eigenvalue weighted by Crippen LogP contribution is 2.25. The molecule has 8 nitrogen and oxygen atoms in total. The normalized spacial score (nSPS) is 11.4. The van der Waals surface area contributed by atoms with E-state index in [1.807, 2.05) is 39.1 Å². The van der Waals surface area contributed by atoms with E-state index in [1.165, 1.54) is 15.9 Å². The topological polar surface area (TPSA) is 97.6 Å². The monoisotopic (exact) mass is 449 g/mol. The van der Waals surface area contributed by atoms with Crippen LogP contribution in [0.15, 0.2) is 54.0 Å². The van der Waals surface area contributed by atoms with Crippen molar-refractivity contribution in [1.29, 1.82) is 0 Å². The van der Waals surface area contributed by atoms with Gasteiger partial charge in [0.05, 0.1) is 11.1 Å². The van der Waals surface area contributed by atoms with Crippen molar-refractivity contribution in [3.63, 3.8) is 0 Å². The number of aromatic nitrogens is 3. The molecule has 3 heterocycles. The summed E-state index contributed by atoms with van der Waals surface area (Å²) in [5.41, 5.74) is 1.63. The third-order valence-corrected chi connectivity index (χ3v) is 5.62. The van der Waals surface area contributed by atoms with Crippen LogP contribution in [0.2, 0.25) is 0 Å². The Labute approximate surface area is 189 Å². The van der Waals surface area contributed by atoms with Gasteiger partial charge < -0.3 is 15.4 Å². The van der Waals surface area contributed by atoms with Gasteiger partial charge in [-0.25, -0.2) is 9.50 Å². The molecule has 164 valence electrons. The van der Waals surface area contributed by atoms with Gasteiger partial charge in [0.1, 0.15) is 5.75 Å². The van der Waals surface area contributed by atoms with Crippen LogP contribution in [0.5, 0.6) is 11.6 Å². The van der Waals surface area contributed by atoms with Crippen molar-refractivity contribution in [2.24, 2.45) is 5.41 Å². The Hall–Kier alpha value is -3.72. The van der Waals surface area contributed by atoms with E-state index in [-0.39, 0.29) is 11.8 Å². The quantitative estimate of drug-likeness (QED) is 0.440. The summed E-state index contributed by atoms with van der Waals surface area (Å²) in [5, 5.41) is 12.0. The molecular weight excluding hydrogens is 426 g/mol. The number of ether oxygens (including phenoxy) is 1. The fraction of sp³-hybridized carbons (Fsp3) is 0.217. The molecule has 0 aliphatic heterocycles. The highest BCUT2D eigenvalue weighted by molar-refractivity contribution is 7.12. The third kappa shape index (κ3) is 4.78. The summed E-state index contributed by atoms with van der Waals surface area (Å²) in [5.74, 6) is 0.998. The van der Waals surface area contributed by atoms with E-state index in [0.717, 1.165) is 5.56 Å². The molecule has 0 aliphatic rings. The molecule has 3 aromatic heterocycles. The zero-order valence-corrected chi connectivity index (χ0v) is 19.0. The van der Waals surface area contributed by atoms with Crippen molar-refractivity contribution >= 4 is 40.3 Å². The average molecular weight is 450 g/mol. The molecule has 0 atom stereocenters. The van der Waals surface area contributed by atoms with Gasteiger partial charge in [-0.1, -0.05) is 26.8 Å². The van der Waals surface area contributed by atoms with E-state index >= 15 is 0 Å². The Morgan fingerprint density at radius 3 is 2.62 bits per heavy atom. The number of aryl methyl sites for hydroxylation is 1. The molecule has 0 spiro atoms. The van der Waals surface area contributed by atoms with Gasteiger partial charge in [0.25, 0.3) is 5.91 Å². The molecule has 0 fully saturated rings. The zero-order valence-electron chi connectivity index (χ0n) is 18.2. The number of benzene rings is 1. The van der Waals surface area contributed by atoms with E-state index in [9.17, 15) is 9.59 Å². The van der Waals surface area contributed by atoms with E-state index < -0.39 is 5.41 Å². The predicted molar refractivity (Wildman–Crippen MR) is 125 cm³/mol. The Morgan fingerprint density at radius 2 is 1.91 bits per heavy atom. The van der Waals surface area contributed by atoms with Gasteiger partial charge in [-0.3, -0.25) is 9.59 Å². The van der Waals surface area contributed by atoms with Crippen LogP contribution in [0.1, 0.15) is 36.0 Å². The lowest BCUT2D eigenvalue weighted by molar-refractivity contribution is -0.123. The second kappa shape index (κ2) is 8.43. The minimum absolute atomic E-state index is 0.0834. The molecule has 4 rings (SSSR count). The van der Waals surface area contributed by atoms with Gasteiger partial charge in [-0.15, -0.1) is 16.4 Å². The third-order valence-electron chi connectivity index (χ3n) is 4.60. The molecule has 0 bridgehead atoms. The van der Waals surface area contributed by atoms with Gasteiger partial charge in [0.15, 0.2) is 11.5 Å². The van der Waals surface area contributed by atoms with E-state index in [1.54, 1.807) is 42.6 Å². The second-order valence-corrected chi connectivity index (χ2v) is 9.24. The second-order valence-electron chi connectivity index (χ2n) is 8.32. The van der Waals surface area contributed by atoms with Crippen LogP contribution < -0.4 is 15.4 Å². The molecule has 0 aliphatic carbocycles. The van der Waals surface area contributed by atoms with Crippen molar-refractivity contribution in [1.82, 2.24) is 14.6 Å². The number of hydrogen-bond acceptors (Lipinski definition) is 6. The first kappa shape index (κ1) is 21.5. The first-order valence-electron chi connectivity index (χ1n) is 10.0. The minimum atomic E-state index is -0.500. The van der Waals surface area contributed by atoms with Crippen molar-refractivity contribution in [3.8, 4) is 11.6 Å². The van der Waals surface area contributed by atoms with E-state index in [2.05, 4.69) is 20.7 Å². The predicted octanol–water partition coefficient (Wildman–Crippen LogP) is 5.13. The number of anilines is 2. The van der Waals surface area contributed by atoms with Crippen LogP contribution in [0, 0.1) is 12.3 Å². The molecule has 32 heavy (non-hydrogen) atoms. The van der Waals surface area contributed by atoms with Crippen LogP contribution in [0.3, 0.4) is 0 Å². The Bertz CT molecular complexity index is 1300. The fourth-order valence-electron chi connectivity index (χ4n) is 2.83. The number of carbonyl (C=O) groups is 2. The summed E-state index contributed by atoms with van der Waals surface area (Å²) in [6.45, 7) is 7.45. The van der Waals surface area contributed by atoms with Crippen LogP contribution in [0.4, 0.5) is 11.5 Å². The summed E-state index contributed by atoms with van der Waals surface area (Å²) >= 11 is 1.38. The zero-order chi connectivity index (χ0) is 22.9. The van der Waals surface area contributed by atoms with Gasteiger partial charge in [0, 0.05) is 23.2 Å². The maximum absolute atomic E-state index is 12.4. The molecule has 1 aromatic carbocycles. The van der Waals surface area contributed by atoms with Gasteiger partial charge in [-0.2, -0.15) is 0 Å². The van der Waals surface area contributed by atoms with Crippen LogP contribution in [0.25, 0.3) is 5.65 Å². The van der Waals surface area contributed by atoms with Crippen molar-refractivity contribution < 1.29 is 14.3 Å². The first-order valence-corrected chi connectivity index (χ1v) is 10.9. The lowest BCUT2D eigenvalue weighted by Crippen LogP contribution is -2.27. The number of amides is 2. The van der Waals surface area contributed by atoms with Crippen LogP contribution in [-0.4, -0.2) is 26.4 Å². The maximum atomic E-state index is 12.4. The lowest BCUT2D eigenvalue weighted by atomic mass is 9.95. The number of rotatable bonds is 5. The van der Waals surface area contributed by atoms with Gasteiger partial charge >= 0.3 is 0 Å². The summed E-state index contributed by atoms with van der Waals surface area (Å²) in [6.07, 6.45) is 1.63. The number of nitrogens with one attached hydrogen (secondary N) is 2. The number of nitrogens with zero attached hydrogens (tertiary/aromatic N) is 3. The molecule has 0 unspecified atom stereocenters. The fourth-order valence-corrected chi connectivity index (χ4v) is 3.65. The molecule has 2 N–H and O–H groups in total. The highest BCUT2D eigenvalue weighted by atomic mass is 32.1. The van der Waals surface area contributed by atoms with E-state index in [0.29, 0.717) is 33.7 Å².